The third kappa shape index (κ3) is 2.77. The van der Waals surface area contributed by atoms with Gasteiger partial charge in [-0.2, -0.15) is 8.42 Å². The van der Waals surface area contributed by atoms with E-state index in [-0.39, 0.29) is 0 Å². The van der Waals surface area contributed by atoms with Gasteiger partial charge in [0.25, 0.3) is 10.2 Å². The molecule has 7 heteroatoms. The van der Waals surface area contributed by atoms with Gasteiger partial charge in [0.1, 0.15) is 0 Å². The Morgan fingerprint density at radius 1 is 1.19 bits per heavy atom. The number of nitrogens with two attached hydrogens (primary N) is 1. The molecule has 1 aliphatic rings. The van der Waals surface area contributed by atoms with Crippen molar-refractivity contribution in [2.45, 2.75) is 6.42 Å². The molecule has 3 N–H and O–H groups in total. The molecule has 0 fully saturated rings. The minimum absolute atomic E-state index is 0.353. The molecule has 0 spiro atoms. The van der Waals surface area contributed by atoms with Gasteiger partial charge in [0.15, 0.2) is 11.5 Å². The molecule has 6 nitrogen and oxygen atoms in total. The number of benzene rings is 1. The lowest BCUT2D eigenvalue weighted by Crippen LogP contribution is -2.21. The third-order valence-electron chi connectivity index (χ3n) is 2.01. The van der Waals surface area contributed by atoms with Crippen LogP contribution in [0.15, 0.2) is 18.2 Å². The zero-order chi connectivity index (χ0) is 11.6. The van der Waals surface area contributed by atoms with E-state index in [0.717, 1.165) is 6.42 Å². The standard InChI is InChI=1S/C9H12N2O4S/c10-16(12,13)11-7-2-3-8-9(6-7)15-5-1-4-14-8/h2-3,6,11H,1,4-5H2,(H2,10,12,13). The van der Waals surface area contributed by atoms with Gasteiger partial charge >= 0.3 is 0 Å². The average molecular weight is 244 g/mol. The van der Waals surface area contributed by atoms with E-state index in [1.807, 2.05) is 0 Å². The summed E-state index contributed by atoms with van der Waals surface area (Å²) in [4.78, 5) is 0. The predicted octanol–water partition coefficient (Wildman–Crippen LogP) is 0.463. The molecule has 0 unspecified atom stereocenters. The molecule has 0 atom stereocenters. The van der Waals surface area contributed by atoms with E-state index < -0.39 is 10.2 Å². The maximum Gasteiger partial charge on any atom is 0.296 e. The van der Waals surface area contributed by atoms with Crippen molar-refractivity contribution in [1.29, 1.82) is 0 Å². The van der Waals surface area contributed by atoms with E-state index in [1.165, 1.54) is 0 Å². The summed E-state index contributed by atoms with van der Waals surface area (Å²) in [6, 6.07) is 4.76. The molecular weight excluding hydrogens is 232 g/mol. The molecule has 0 amide bonds. The monoisotopic (exact) mass is 244 g/mol. The lowest BCUT2D eigenvalue weighted by molar-refractivity contribution is 0.297. The van der Waals surface area contributed by atoms with Gasteiger partial charge in [-0.05, 0) is 12.1 Å². The summed E-state index contributed by atoms with van der Waals surface area (Å²) in [5.74, 6) is 1.13. The molecule has 0 aromatic heterocycles. The first kappa shape index (κ1) is 11.0. The van der Waals surface area contributed by atoms with E-state index in [9.17, 15) is 8.42 Å². The Morgan fingerprint density at radius 2 is 1.88 bits per heavy atom. The summed E-state index contributed by atoms with van der Waals surface area (Å²) in [5.41, 5.74) is 0.353. The van der Waals surface area contributed by atoms with E-state index in [1.54, 1.807) is 18.2 Å². The molecule has 0 saturated carbocycles. The number of hydrogen-bond acceptors (Lipinski definition) is 4. The average Bonchev–Trinajstić information content (AvgIpc) is 2.39. The first-order chi connectivity index (χ1) is 7.54. The highest BCUT2D eigenvalue weighted by Gasteiger charge is 2.11. The van der Waals surface area contributed by atoms with Crippen LogP contribution in [0.2, 0.25) is 0 Å². The van der Waals surface area contributed by atoms with E-state index in [4.69, 9.17) is 14.6 Å². The summed E-state index contributed by atoms with van der Waals surface area (Å²) in [7, 11) is -3.76. The Hall–Kier alpha value is -1.47. The zero-order valence-electron chi connectivity index (χ0n) is 8.47. The molecule has 0 bridgehead atoms. The molecule has 1 aromatic carbocycles. The van der Waals surface area contributed by atoms with Gasteiger partial charge in [0.2, 0.25) is 0 Å². The van der Waals surface area contributed by atoms with Crippen molar-refractivity contribution in [3.8, 4) is 11.5 Å². The molecule has 16 heavy (non-hydrogen) atoms. The molecule has 1 aromatic rings. The van der Waals surface area contributed by atoms with Crippen LogP contribution in [0.1, 0.15) is 6.42 Å². The number of rotatable bonds is 2. The molecule has 1 aliphatic heterocycles. The topological polar surface area (TPSA) is 90.7 Å². The summed E-state index contributed by atoms with van der Waals surface area (Å²) >= 11 is 0. The van der Waals surface area contributed by atoms with Gasteiger partial charge in [-0.15, -0.1) is 0 Å². The summed E-state index contributed by atoms with van der Waals surface area (Å²) in [6.45, 7) is 1.14. The van der Waals surface area contributed by atoms with Gasteiger partial charge in [0.05, 0.1) is 18.9 Å². The molecule has 0 aliphatic carbocycles. The SMILES string of the molecule is NS(=O)(=O)Nc1ccc2c(c1)OCCCO2. The highest BCUT2D eigenvalue weighted by molar-refractivity contribution is 7.90. The molecule has 0 saturated heterocycles. The second kappa shape index (κ2) is 4.18. The Kier molecular flexibility index (Phi) is 2.88. The van der Waals surface area contributed by atoms with Gasteiger partial charge in [-0.3, -0.25) is 4.72 Å². The molecule has 0 radical (unpaired) electrons. The fraction of sp³-hybridized carbons (Fsp3) is 0.333. The largest absolute Gasteiger partial charge is 0.490 e. The van der Waals surface area contributed by atoms with Crippen LogP contribution in [0.4, 0.5) is 5.69 Å². The van der Waals surface area contributed by atoms with Crippen molar-refractivity contribution < 1.29 is 17.9 Å². The van der Waals surface area contributed by atoms with Gasteiger partial charge in [0, 0.05) is 12.5 Å². The number of nitrogens with one attached hydrogen (secondary N) is 1. The lowest BCUT2D eigenvalue weighted by Gasteiger charge is -2.09. The van der Waals surface area contributed by atoms with Gasteiger partial charge < -0.3 is 9.47 Å². The molecular formula is C9H12N2O4S. The van der Waals surface area contributed by atoms with Crippen LogP contribution in [0.3, 0.4) is 0 Å². The maximum absolute atomic E-state index is 10.8. The summed E-state index contributed by atoms with van der Waals surface area (Å²) in [6.07, 6.45) is 0.798. The van der Waals surface area contributed by atoms with E-state index in [2.05, 4.69) is 4.72 Å². The number of anilines is 1. The van der Waals surface area contributed by atoms with Crippen LogP contribution in [0, 0.1) is 0 Å². The number of fused-ring (bicyclic) bond motifs is 1. The smallest absolute Gasteiger partial charge is 0.296 e. The van der Waals surface area contributed by atoms with Crippen molar-refractivity contribution in [2.24, 2.45) is 5.14 Å². The van der Waals surface area contributed by atoms with Crippen molar-refractivity contribution in [1.82, 2.24) is 0 Å². The first-order valence-corrected chi connectivity index (χ1v) is 6.29. The first-order valence-electron chi connectivity index (χ1n) is 4.75. The highest BCUT2D eigenvalue weighted by Crippen LogP contribution is 2.32. The summed E-state index contributed by atoms with van der Waals surface area (Å²) < 4.78 is 34.6. The van der Waals surface area contributed by atoms with Crippen molar-refractivity contribution >= 4 is 15.9 Å². The van der Waals surface area contributed by atoms with Crippen LogP contribution >= 0.6 is 0 Å². The van der Waals surface area contributed by atoms with Crippen LogP contribution in [-0.2, 0) is 10.2 Å². The van der Waals surface area contributed by atoms with E-state index >= 15 is 0 Å². The lowest BCUT2D eigenvalue weighted by atomic mass is 10.3. The van der Waals surface area contributed by atoms with Crippen LogP contribution in [0.25, 0.3) is 0 Å². The Balaban J connectivity index is 2.27. The Labute approximate surface area is 93.5 Å². The van der Waals surface area contributed by atoms with Crippen molar-refractivity contribution in [3.63, 3.8) is 0 Å². The minimum atomic E-state index is -3.76. The maximum atomic E-state index is 10.8. The zero-order valence-corrected chi connectivity index (χ0v) is 9.29. The molecule has 88 valence electrons. The second-order valence-corrected chi connectivity index (χ2v) is 4.65. The number of hydrogen-bond donors (Lipinski definition) is 2. The predicted molar refractivity (Wildman–Crippen MR) is 58.8 cm³/mol. The Morgan fingerprint density at radius 3 is 2.56 bits per heavy atom. The van der Waals surface area contributed by atoms with Crippen LogP contribution in [-0.4, -0.2) is 21.6 Å². The summed E-state index contributed by atoms with van der Waals surface area (Å²) in [5, 5.41) is 4.86. The molecule has 1 heterocycles. The normalized spacial score (nSPS) is 15.3. The van der Waals surface area contributed by atoms with Crippen LogP contribution < -0.4 is 19.3 Å². The van der Waals surface area contributed by atoms with Crippen molar-refractivity contribution in [2.75, 3.05) is 17.9 Å². The fourth-order valence-electron chi connectivity index (χ4n) is 1.39. The van der Waals surface area contributed by atoms with Crippen LogP contribution in [0.5, 0.6) is 11.5 Å². The fourth-order valence-corrected chi connectivity index (χ4v) is 1.85. The minimum Gasteiger partial charge on any atom is -0.490 e. The third-order valence-corrected chi connectivity index (χ3v) is 2.53. The quantitative estimate of drug-likeness (QED) is 0.790. The highest BCUT2D eigenvalue weighted by atomic mass is 32.2. The van der Waals surface area contributed by atoms with Gasteiger partial charge in [-0.25, -0.2) is 5.14 Å². The number of ether oxygens (including phenoxy) is 2. The second-order valence-electron chi connectivity index (χ2n) is 3.36. The van der Waals surface area contributed by atoms with Gasteiger partial charge in [-0.1, -0.05) is 0 Å². The Bertz CT molecular complexity index is 486. The van der Waals surface area contributed by atoms with E-state index in [0.29, 0.717) is 30.4 Å². The van der Waals surface area contributed by atoms with Crippen molar-refractivity contribution in [3.05, 3.63) is 18.2 Å². The molecule has 2 rings (SSSR count).